The highest BCUT2D eigenvalue weighted by atomic mass is 35.5. The lowest BCUT2D eigenvalue weighted by atomic mass is 10.1. The number of halogens is 1. The minimum Gasteiger partial charge on any atom is -0.396 e. The fourth-order valence-electron chi connectivity index (χ4n) is 2.02. The predicted molar refractivity (Wildman–Crippen MR) is 64.2 cm³/mol. The van der Waals surface area contributed by atoms with Gasteiger partial charge in [0.1, 0.15) is 0 Å². The normalized spacial score (nSPS) is 20.1. The Morgan fingerprint density at radius 3 is 2.94 bits per heavy atom. The minimum absolute atomic E-state index is 0.233. The van der Waals surface area contributed by atoms with Crippen LogP contribution in [-0.4, -0.2) is 31.1 Å². The number of rotatable bonds is 3. The second-order valence-corrected chi connectivity index (χ2v) is 4.51. The first kappa shape index (κ1) is 11.4. The summed E-state index contributed by atoms with van der Waals surface area (Å²) < 4.78 is 0. The lowest BCUT2D eigenvalue weighted by Gasteiger charge is -2.18. The number of hydrogen-bond acceptors (Lipinski definition) is 3. The molecule has 1 aromatic rings. The van der Waals surface area contributed by atoms with Crippen LogP contribution >= 0.6 is 11.6 Å². The Balaban J connectivity index is 2.16. The number of anilines is 1. The third-order valence-electron chi connectivity index (χ3n) is 3.02. The molecule has 1 saturated heterocycles. The van der Waals surface area contributed by atoms with Gasteiger partial charge in [0.2, 0.25) is 0 Å². The first-order valence-electron chi connectivity index (χ1n) is 5.35. The molecule has 0 radical (unpaired) electrons. The van der Waals surface area contributed by atoms with E-state index in [1.165, 1.54) is 0 Å². The van der Waals surface area contributed by atoms with Crippen molar-refractivity contribution in [1.82, 2.24) is 0 Å². The molecule has 86 valence electrons. The van der Waals surface area contributed by atoms with Gasteiger partial charge in [-0.05, 0) is 24.6 Å². The number of carbonyl (C=O) groups is 1. The Bertz CT molecular complexity index is 395. The van der Waals surface area contributed by atoms with Crippen molar-refractivity contribution in [2.45, 2.75) is 6.42 Å². The van der Waals surface area contributed by atoms with Crippen molar-refractivity contribution in [2.75, 3.05) is 24.6 Å². The molecule has 1 fully saturated rings. The van der Waals surface area contributed by atoms with E-state index < -0.39 is 0 Å². The molecule has 1 atom stereocenters. The lowest BCUT2D eigenvalue weighted by Crippen LogP contribution is -2.20. The summed E-state index contributed by atoms with van der Waals surface area (Å²) in [6, 6.07) is 5.44. The molecule has 0 aromatic heterocycles. The molecule has 1 N–H and O–H groups in total. The molecule has 1 aromatic carbocycles. The molecule has 0 aliphatic carbocycles. The second-order valence-electron chi connectivity index (χ2n) is 4.11. The molecule has 1 aliphatic rings. The largest absolute Gasteiger partial charge is 0.396 e. The van der Waals surface area contributed by atoms with Gasteiger partial charge in [-0.15, -0.1) is 0 Å². The zero-order valence-corrected chi connectivity index (χ0v) is 9.65. The van der Waals surface area contributed by atoms with E-state index in [4.69, 9.17) is 16.7 Å². The molecule has 4 heteroatoms. The molecule has 1 heterocycles. The average molecular weight is 240 g/mol. The van der Waals surface area contributed by atoms with Crippen molar-refractivity contribution in [3.63, 3.8) is 0 Å². The number of nitrogens with zero attached hydrogens (tertiary/aromatic N) is 1. The van der Waals surface area contributed by atoms with Crippen molar-refractivity contribution < 1.29 is 9.90 Å². The highest BCUT2D eigenvalue weighted by Crippen LogP contribution is 2.27. The van der Waals surface area contributed by atoms with Crippen molar-refractivity contribution in [3.8, 4) is 0 Å². The standard InChI is InChI=1S/C12H14ClNO2/c13-12-5-11(2-1-10(12)8-16)14-4-3-9(6-14)7-15/h1-2,5,8-9,15H,3-4,6-7H2. The molecule has 1 unspecified atom stereocenters. The van der Waals surface area contributed by atoms with Gasteiger partial charge in [-0.2, -0.15) is 0 Å². The molecular formula is C12H14ClNO2. The van der Waals surface area contributed by atoms with Crippen LogP contribution < -0.4 is 4.90 Å². The summed E-state index contributed by atoms with van der Waals surface area (Å²) in [5, 5.41) is 9.55. The highest BCUT2D eigenvalue weighted by Gasteiger charge is 2.22. The molecule has 1 aliphatic heterocycles. The van der Waals surface area contributed by atoms with E-state index in [0.717, 1.165) is 31.5 Å². The van der Waals surface area contributed by atoms with Gasteiger partial charge in [0.15, 0.2) is 6.29 Å². The van der Waals surface area contributed by atoms with E-state index in [1.807, 2.05) is 12.1 Å². The molecule has 16 heavy (non-hydrogen) atoms. The quantitative estimate of drug-likeness (QED) is 0.820. The van der Waals surface area contributed by atoms with Crippen LogP contribution in [0.1, 0.15) is 16.8 Å². The van der Waals surface area contributed by atoms with Gasteiger partial charge in [0, 0.05) is 36.9 Å². The lowest BCUT2D eigenvalue weighted by molar-refractivity contribution is 0.112. The zero-order valence-electron chi connectivity index (χ0n) is 8.90. The van der Waals surface area contributed by atoms with Gasteiger partial charge in [-0.25, -0.2) is 0 Å². The van der Waals surface area contributed by atoms with E-state index in [-0.39, 0.29) is 6.61 Å². The van der Waals surface area contributed by atoms with Crippen LogP contribution in [0.3, 0.4) is 0 Å². The fraction of sp³-hybridized carbons (Fsp3) is 0.417. The summed E-state index contributed by atoms with van der Waals surface area (Å²) in [5.74, 6) is 0.351. The van der Waals surface area contributed by atoms with E-state index >= 15 is 0 Å². The molecule has 2 rings (SSSR count). The fourth-order valence-corrected chi connectivity index (χ4v) is 2.24. The van der Waals surface area contributed by atoms with Crippen LogP contribution in [0.2, 0.25) is 5.02 Å². The van der Waals surface area contributed by atoms with Gasteiger partial charge in [-0.3, -0.25) is 4.79 Å². The summed E-state index contributed by atoms with van der Waals surface area (Å²) in [6.45, 7) is 2.02. The SMILES string of the molecule is O=Cc1ccc(N2CCC(CO)C2)cc1Cl. The molecule has 3 nitrogen and oxygen atoms in total. The molecular weight excluding hydrogens is 226 g/mol. The Hall–Kier alpha value is -1.06. The maximum Gasteiger partial charge on any atom is 0.151 e. The highest BCUT2D eigenvalue weighted by molar-refractivity contribution is 6.33. The summed E-state index contributed by atoms with van der Waals surface area (Å²) in [5.41, 5.74) is 1.54. The van der Waals surface area contributed by atoms with Crippen molar-refractivity contribution in [1.29, 1.82) is 0 Å². The number of aliphatic hydroxyl groups excluding tert-OH is 1. The average Bonchev–Trinajstić information content (AvgIpc) is 2.77. The maximum atomic E-state index is 10.6. The first-order chi connectivity index (χ1) is 7.74. The van der Waals surface area contributed by atoms with Crippen LogP contribution in [0.15, 0.2) is 18.2 Å². The van der Waals surface area contributed by atoms with E-state index in [0.29, 0.717) is 16.5 Å². The zero-order chi connectivity index (χ0) is 11.5. The number of benzene rings is 1. The van der Waals surface area contributed by atoms with Crippen LogP contribution in [-0.2, 0) is 0 Å². The summed E-state index contributed by atoms with van der Waals surface area (Å²) in [6.07, 6.45) is 1.76. The summed E-state index contributed by atoms with van der Waals surface area (Å²) in [7, 11) is 0. The topological polar surface area (TPSA) is 40.5 Å². The monoisotopic (exact) mass is 239 g/mol. The van der Waals surface area contributed by atoms with E-state index in [9.17, 15) is 4.79 Å². The van der Waals surface area contributed by atoms with Crippen molar-refractivity contribution >= 4 is 23.6 Å². The Morgan fingerprint density at radius 1 is 1.56 bits per heavy atom. The molecule has 0 bridgehead atoms. The number of aliphatic hydroxyl groups is 1. The Labute approximate surface area is 99.6 Å². The molecule has 0 spiro atoms. The Kier molecular flexibility index (Phi) is 3.46. The van der Waals surface area contributed by atoms with Gasteiger partial charge in [0.05, 0.1) is 5.02 Å². The molecule has 0 amide bonds. The van der Waals surface area contributed by atoms with E-state index in [1.54, 1.807) is 6.07 Å². The van der Waals surface area contributed by atoms with Crippen LogP contribution in [0.4, 0.5) is 5.69 Å². The summed E-state index contributed by atoms with van der Waals surface area (Å²) >= 11 is 5.97. The molecule has 0 saturated carbocycles. The minimum atomic E-state index is 0.233. The maximum absolute atomic E-state index is 10.6. The predicted octanol–water partition coefficient (Wildman–Crippen LogP) is 1.97. The van der Waals surface area contributed by atoms with Crippen LogP contribution in [0.5, 0.6) is 0 Å². The smallest absolute Gasteiger partial charge is 0.151 e. The number of hydrogen-bond donors (Lipinski definition) is 1. The van der Waals surface area contributed by atoms with Crippen LogP contribution in [0, 0.1) is 5.92 Å². The van der Waals surface area contributed by atoms with Gasteiger partial charge in [-0.1, -0.05) is 11.6 Å². The van der Waals surface area contributed by atoms with E-state index in [2.05, 4.69) is 4.90 Å². The second kappa shape index (κ2) is 4.85. The number of carbonyl (C=O) groups excluding carboxylic acids is 1. The van der Waals surface area contributed by atoms with Crippen molar-refractivity contribution in [2.24, 2.45) is 5.92 Å². The Morgan fingerprint density at radius 2 is 2.38 bits per heavy atom. The van der Waals surface area contributed by atoms with Gasteiger partial charge < -0.3 is 10.0 Å². The van der Waals surface area contributed by atoms with Crippen LogP contribution in [0.25, 0.3) is 0 Å². The third-order valence-corrected chi connectivity index (χ3v) is 3.35. The van der Waals surface area contributed by atoms with Crippen molar-refractivity contribution in [3.05, 3.63) is 28.8 Å². The number of aldehydes is 1. The van der Waals surface area contributed by atoms with Gasteiger partial charge >= 0.3 is 0 Å². The summed E-state index contributed by atoms with van der Waals surface area (Å²) in [4.78, 5) is 12.8. The first-order valence-corrected chi connectivity index (χ1v) is 5.73. The van der Waals surface area contributed by atoms with Gasteiger partial charge in [0.25, 0.3) is 0 Å². The third kappa shape index (κ3) is 2.20.